The SMILES string of the molecule is CCCCP(=O)(O)CCCO. The van der Waals surface area contributed by atoms with Crippen molar-refractivity contribution in [3.63, 3.8) is 0 Å². The third kappa shape index (κ3) is 6.54. The number of rotatable bonds is 6. The van der Waals surface area contributed by atoms with Gasteiger partial charge in [0.25, 0.3) is 0 Å². The summed E-state index contributed by atoms with van der Waals surface area (Å²) >= 11 is 0. The van der Waals surface area contributed by atoms with Crippen LogP contribution in [0.2, 0.25) is 0 Å². The van der Waals surface area contributed by atoms with Gasteiger partial charge < -0.3 is 10.00 Å². The molecule has 11 heavy (non-hydrogen) atoms. The predicted molar refractivity (Wildman–Crippen MR) is 46.2 cm³/mol. The second-order valence-corrected chi connectivity index (χ2v) is 5.31. The van der Waals surface area contributed by atoms with Crippen LogP contribution in [0.15, 0.2) is 0 Å². The van der Waals surface area contributed by atoms with E-state index in [2.05, 4.69) is 0 Å². The lowest BCUT2D eigenvalue weighted by molar-refractivity contribution is 0.293. The van der Waals surface area contributed by atoms with Crippen molar-refractivity contribution < 1.29 is 14.6 Å². The normalized spacial score (nSPS) is 16.3. The van der Waals surface area contributed by atoms with Gasteiger partial charge >= 0.3 is 0 Å². The van der Waals surface area contributed by atoms with Crippen molar-refractivity contribution in [3.8, 4) is 0 Å². The van der Waals surface area contributed by atoms with Gasteiger partial charge in [0.05, 0.1) is 0 Å². The van der Waals surface area contributed by atoms with Gasteiger partial charge in [0.1, 0.15) is 0 Å². The van der Waals surface area contributed by atoms with Gasteiger partial charge in [-0.3, -0.25) is 4.57 Å². The van der Waals surface area contributed by atoms with Crippen molar-refractivity contribution >= 4 is 7.37 Å². The monoisotopic (exact) mass is 180 g/mol. The van der Waals surface area contributed by atoms with Gasteiger partial charge in [-0.25, -0.2) is 0 Å². The van der Waals surface area contributed by atoms with E-state index in [1.165, 1.54) is 0 Å². The molecule has 0 aromatic heterocycles. The molecule has 0 aliphatic rings. The average Bonchev–Trinajstić information content (AvgIpc) is 1.97. The molecule has 0 heterocycles. The summed E-state index contributed by atoms with van der Waals surface area (Å²) in [5.74, 6) is 0. The van der Waals surface area contributed by atoms with Crippen molar-refractivity contribution in [3.05, 3.63) is 0 Å². The Kier molecular flexibility index (Phi) is 5.83. The van der Waals surface area contributed by atoms with E-state index in [1.807, 2.05) is 6.92 Å². The second kappa shape index (κ2) is 5.76. The predicted octanol–water partition coefficient (Wildman–Crippen LogP) is 1.44. The van der Waals surface area contributed by atoms with Gasteiger partial charge in [0, 0.05) is 18.9 Å². The highest BCUT2D eigenvalue weighted by Crippen LogP contribution is 2.41. The lowest BCUT2D eigenvalue weighted by Crippen LogP contribution is -1.96. The van der Waals surface area contributed by atoms with E-state index in [0.29, 0.717) is 12.6 Å². The molecule has 0 aliphatic carbocycles. The first kappa shape index (κ1) is 11.2. The molecular formula is C7H17O3P. The Morgan fingerprint density at radius 1 is 1.27 bits per heavy atom. The summed E-state index contributed by atoms with van der Waals surface area (Å²) < 4.78 is 11.2. The largest absolute Gasteiger partial charge is 0.396 e. The first-order chi connectivity index (χ1) is 5.12. The number of hydrogen-bond acceptors (Lipinski definition) is 2. The lowest BCUT2D eigenvalue weighted by atomic mass is 10.4. The van der Waals surface area contributed by atoms with Crippen LogP contribution in [0.3, 0.4) is 0 Å². The minimum absolute atomic E-state index is 0.0106. The van der Waals surface area contributed by atoms with Crippen LogP contribution in [0.5, 0.6) is 0 Å². The maximum atomic E-state index is 11.2. The molecule has 0 spiro atoms. The standard InChI is InChI=1S/C7H17O3P/c1-2-3-6-11(9,10)7-4-5-8/h8H,2-7H2,1H3,(H,9,10). The Morgan fingerprint density at radius 3 is 2.27 bits per heavy atom. The van der Waals surface area contributed by atoms with Crippen LogP contribution in [0.1, 0.15) is 26.2 Å². The Hall–Kier alpha value is 0.150. The zero-order valence-corrected chi connectivity index (χ0v) is 7.89. The van der Waals surface area contributed by atoms with E-state index in [-0.39, 0.29) is 12.8 Å². The fourth-order valence-electron chi connectivity index (χ4n) is 0.835. The molecule has 0 radical (unpaired) electrons. The van der Waals surface area contributed by atoms with Crippen LogP contribution in [0.4, 0.5) is 0 Å². The Balaban J connectivity index is 3.53. The lowest BCUT2D eigenvalue weighted by Gasteiger charge is -2.08. The zero-order valence-electron chi connectivity index (χ0n) is 6.99. The van der Waals surface area contributed by atoms with Gasteiger partial charge in [-0.2, -0.15) is 0 Å². The highest BCUT2D eigenvalue weighted by atomic mass is 31.2. The Bertz CT molecular complexity index is 124. The Morgan fingerprint density at radius 2 is 1.82 bits per heavy atom. The van der Waals surface area contributed by atoms with Crippen LogP contribution in [0.25, 0.3) is 0 Å². The third-order valence-electron chi connectivity index (χ3n) is 1.53. The highest BCUT2D eigenvalue weighted by molar-refractivity contribution is 7.57. The molecule has 0 amide bonds. The topological polar surface area (TPSA) is 57.5 Å². The maximum Gasteiger partial charge on any atom is 0.200 e. The maximum absolute atomic E-state index is 11.2. The fourth-order valence-corrected chi connectivity index (χ4v) is 2.50. The van der Waals surface area contributed by atoms with Gasteiger partial charge in [-0.05, 0) is 12.8 Å². The summed E-state index contributed by atoms with van der Waals surface area (Å²) in [4.78, 5) is 9.22. The summed E-state index contributed by atoms with van der Waals surface area (Å²) in [6.45, 7) is 2.00. The smallest absolute Gasteiger partial charge is 0.200 e. The van der Waals surface area contributed by atoms with Gasteiger partial charge in [0.2, 0.25) is 7.37 Å². The molecule has 0 aromatic carbocycles. The molecule has 0 saturated carbocycles. The van der Waals surface area contributed by atoms with Crippen molar-refractivity contribution in [2.24, 2.45) is 0 Å². The van der Waals surface area contributed by atoms with Crippen LogP contribution in [-0.2, 0) is 4.57 Å². The minimum Gasteiger partial charge on any atom is -0.396 e. The van der Waals surface area contributed by atoms with E-state index in [1.54, 1.807) is 0 Å². The van der Waals surface area contributed by atoms with E-state index in [9.17, 15) is 9.46 Å². The fraction of sp³-hybridized carbons (Fsp3) is 1.00. The molecule has 0 fully saturated rings. The molecule has 0 bridgehead atoms. The first-order valence-corrected chi connectivity index (χ1v) is 6.07. The van der Waals surface area contributed by atoms with Crippen molar-refractivity contribution in [1.82, 2.24) is 0 Å². The quantitative estimate of drug-likeness (QED) is 0.608. The average molecular weight is 180 g/mol. The molecule has 3 nitrogen and oxygen atoms in total. The summed E-state index contributed by atoms with van der Waals surface area (Å²) in [7, 11) is -2.89. The molecule has 1 atom stereocenters. The van der Waals surface area contributed by atoms with Gasteiger partial charge in [-0.1, -0.05) is 13.3 Å². The zero-order chi connectivity index (χ0) is 8.74. The van der Waals surface area contributed by atoms with E-state index >= 15 is 0 Å². The van der Waals surface area contributed by atoms with E-state index in [4.69, 9.17) is 5.11 Å². The number of aliphatic hydroxyl groups is 1. The molecule has 0 saturated heterocycles. The van der Waals surface area contributed by atoms with Crippen LogP contribution >= 0.6 is 7.37 Å². The van der Waals surface area contributed by atoms with Crippen molar-refractivity contribution in [2.75, 3.05) is 18.9 Å². The molecule has 0 aliphatic heterocycles. The summed E-state index contributed by atoms with van der Waals surface area (Å²) in [5.41, 5.74) is 0. The molecule has 68 valence electrons. The number of aliphatic hydroxyl groups excluding tert-OH is 1. The number of unbranched alkanes of at least 4 members (excludes halogenated alkanes) is 1. The first-order valence-electron chi connectivity index (χ1n) is 4.04. The van der Waals surface area contributed by atoms with Gasteiger partial charge in [-0.15, -0.1) is 0 Å². The Labute approximate surface area is 67.9 Å². The van der Waals surface area contributed by atoms with Gasteiger partial charge in [0.15, 0.2) is 0 Å². The highest BCUT2D eigenvalue weighted by Gasteiger charge is 2.15. The minimum atomic E-state index is -2.89. The third-order valence-corrected chi connectivity index (χ3v) is 3.56. The molecule has 0 aromatic rings. The summed E-state index contributed by atoms with van der Waals surface area (Å²) in [6.07, 6.45) is 2.87. The van der Waals surface area contributed by atoms with E-state index < -0.39 is 7.37 Å². The number of hydrogen-bond donors (Lipinski definition) is 2. The second-order valence-electron chi connectivity index (χ2n) is 2.72. The van der Waals surface area contributed by atoms with Crippen LogP contribution in [0, 0.1) is 0 Å². The molecule has 0 rings (SSSR count). The van der Waals surface area contributed by atoms with Crippen LogP contribution in [-0.4, -0.2) is 28.9 Å². The van der Waals surface area contributed by atoms with Crippen molar-refractivity contribution in [1.29, 1.82) is 0 Å². The van der Waals surface area contributed by atoms with E-state index in [0.717, 1.165) is 12.8 Å². The van der Waals surface area contributed by atoms with Crippen molar-refractivity contribution in [2.45, 2.75) is 26.2 Å². The molecule has 1 unspecified atom stereocenters. The molecular weight excluding hydrogens is 163 g/mol. The molecule has 4 heteroatoms. The summed E-state index contributed by atoms with van der Waals surface area (Å²) in [6, 6.07) is 0. The summed E-state index contributed by atoms with van der Waals surface area (Å²) in [5, 5.41) is 8.42. The molecule has 2 N–H and O–H groups in total. The van der Waals surface area contributed by atoms with Crippen LogP contribution < -0.4 is 0 Å².